The molecule has 0 aliphatic rings. The lowest BCUT2D eigenvalue weighted by Gasteiger charge is -2.19. The van der Waals surface area contributed by atoms with E-state index in [9.17, 15) is 9.59 Å². The van der Waals surface area contributed by atoms with Crippen molar-refractivity contribution in [3.63, 3.8) is 0 Å². The summed E-state index contributed by atoms with van der Waals surface area (Å²) in [6.45, 7) is 2.70. The molecule has 106 valence electrons. The topological polar surface area (TPSA) is 96.7 Å². The minimum Gasteiger partial charge on any atom is -0.480 e. The highest BCUT2D eigenvalue weighted by Crippen LogP contribution is 2.04. The maximum atomic E-state index is 11.9. The van der Waals surface area contributed by atoms with Crippen LogP contribution in [0.25, 0.3) is 0 Å². The number of hydrogen-bond acceptors (Lipinski definition) is 4. The molecule has 0 aliphatic heterocycles. The van der Waals surface area contributed by atoms with Gasteiger partial charge in [-0.1, -0.05) is 0 Å². The summed E-state index contributed by atoms with van der Waals surface area (Å²) in [7, 11) is 1.49. The zero-order valence-electron chi connectivity index (χ0n) is 11.0. The molecule has 1 rings (SSSR count). The highest BCUT2D eigenvalue weighted by molar-refractivity contribution is 5.90. The molecule has 8 heteroatoms. The van der Waals surface area contributed by atoms with Gasteiger partial charge >= 0.3 is 12.0 Å². The largest absolute Gasteiger partial charge is 0.480 e. The molecule has 0 saturated heterocycles. The molecule has 0 unspecified atom stereocenters. The van der Waals surface area contributed by atoms with Gasteiger partial charge in [0.05, 0.1) is 6.61 Å². The van der Waals surface area contributed by atoms with Gasteiger partial charge in [-0.25, -0.2) is 4.79 Å². The first-order valence-corrected chi connectivity index (χ1v) is 5.87. The van der Waals surface area contributed by atoms with Crippen LogP contribution in [0.1, 0.15) is 6.92 Å². The lowest BCUT2D eigenvalue weighted by molar-refractivity contribution is -0.137. The second-order valence-electron chi connectivity index (χ2n) is 3.79. The van der Waals surface area contributed by atoms with Crippen molar-refractivity contribution in [3.05, 3.63) is 12.3 Å². The number of aliphatic carboxylic acids is 1. The van der Waals surface area contributed by atoms with Crippen molar-refractivity contribution in [3.8, 4) is 0 Å². The zero-order valence-corrected chi connectivity index (χ0v) is 11.0. The van der Waals surface area contributed by atoms with Crippen LogP contribution in [0.2, 0.25) is 0 Å². The lowest BCUT2D eigenvalue weighted by atomic mass is 10.5. The Bertz CT molecular complexity index is 432. The Balaban J connectivity index is 2.61. The van der Waals surface area contributed by atoms with Crippen LogP contribution in [0.3, 0.4) is 0 Å². The Morgan fingerprint density at radius 1 is 1.58 bits per heavy atom. The molecule has 0 radical (unpaired) electrons. The van der Waals surface area contributed by atoms with Crippen molar-refractivity contribution in [2.75, 3.05) is 32.1 Å². The van der Waals surface area contributed by atoms with Crippen molar-refractivity contribution in [1.82, 2.24) is 14.7 Å². The molecule has 0 aromatic carbocycles. The van der Waals surface area contributed by atoms with E-state index in [1.165, 1.54) is 7.11 Å². The van der Waals surface area contributed by atoms with E-state index in [1.807, 2.05) is 6.92 Å². The Morgan fingerprint density at radius 3 is 2.84 bits per heavy atom. The number of amides is 2. The molecule has 0 bridgehead atoms. The number of ether oxygens (including phenoxy) is 1. The third-order valence-corrected chi connectivity index (χ3v) is 2.38. The Labute approximate surface area is 110 Å². The van der Waals surface area contributed by atoms with Crippen LogP contribution >= 0.6 is 0 Å². The molecule has 0 spiro atoms. The number of aromatic nitrogens is 2. The predicted molar refractivity (Wildman–Crippen MR) is 68.0 cm³/mol. The van der Waals surface area contributed by atoms with E-state index in [-0.39, 0.29) is 19.7 Å². The minimum absolute atomic E-state index is 0.198. The molecule has 0 fully saturated rings. The molecular formula is C11H18N4O4. The Kier molecular flexibility index (Phi) is 5.80. The van der Waals surface area contributed by atoms with Crippen LogP contribution in [0, 0.1) is 0 Å². The van der Waals surface area contributed by atoms with E-state index in [4.69, 9.17) is 9.84 Å². The van der Waals surface area contributed by atoms with Gasteiger partial charge in [0.2, 0.25) is 0 Å². The maximum Gasteiger partial charge on any atom is 0.323 e. The van der Waals surface area contributed by atoms with Crippen LogP contribution in [-0.4, -0.2) is 58.6 Å². The first-order chi connectivity index (χ1) is 9.06. The van der Waals surface area contributed by atoms with Gasteiger partial charge in [0.1, 0.15) is 6.54 Å². The molecular weight excluding hydrogens is 252 g/mol. The Hall–Kier alpha value is -2.09. The van der Waals surface area contributed by atoms with Gasteiger partial charge in [-0.2, -0.15) is 5.10 Å². The molecule has 19 heavy (non-hydrogen) atoms. The second-order valence-corrected chi connectivity index (χ2v) is 3.79. The fourth-order valence-corrected chi connectivity index (χ4v) is 1.41. The number of anilines is 1. The van der Waals surface area contributed by atoms with Gasteiger partial charge in [-0.3, -0.25) is 14.8 Å². The number of urea groups is 1. The highest BCUT2D eigenvalue weighted by atomic mass is 16.5. The van der Waals surface area contributed by atoms with Gasteiger partial charge in [0.15, 0.2) is 5.82 Å². The average molecular weight is 270 g/mol. The molecule has 1 heterocycles. The second kappa shape index (κ2) is 7.37. The number of methoxy groups -OCH3 is 1. The summed E-state index contributed by atoms with van der Waals surface area (Å²) in [5.74, 6) is -0.690. The van der Waals surface area contributed by atoms with Crippen LogP contribution in [0.15, 0.2) is 12.3 Å². The first kappa shape index (κ1) is 15.0. The van der Waals surface area contributed by atoms with Crippen molar-refractivity contribution >= 4 is 17.8 Å². The number of carboxylic acid groups (broad SMARTS) is 1. The number of nitrogens with zero attached hydrogens (tertiary/aromatic N) is 3. The van der Waals surface area contributed by atoms with Gasteiger partial charge < -0.3 is 14.7 Å². The van der Waals surface area contributed by atoms with Gasteiger partial charge in [0, 0.05) is 32.5 Å². The number of carbonyl (C=O) groups excluding carboxylic acids is 1. The van der Waals surface area contributed by atoms with Crippen LogP contribution in [-0.2, 0) is 16.1 Å². The Morgan fingerprint density at radius 2 is 2.32 bits per heavy atom. The molecule has 0 atom stereocenters. The van der Waals surface area contributed by atoms with E-state index in [0.29, 0.717) is 12.4 Å². The third-order valence-electron chi connectivity index (χ3n) is 2.38. The number of carbonyl (C=O) groups is 2. The number of carboxylic acids is 1. The number of aryl methyl sites for hydroxylation is 1. The number of rotatable bonds is 7. The molecule has 8 nitrogen and oxygen atoms in total. The lowest BCUT2D eigenvalue weighted by Crippen LogP contribution is -2.40. The molecule has 1 aromatic rings. The van der Waals surface area contributed by atoms with E-state index >= 15 is 0 Å². The van der Waals surface area contributed by atoms with Crippen molar-refractivity contribution in [2.45, 2.75) is 13.5 Å². The minimum atomic E-state index is -1.08. The molecule has 2 N–H and O–H groups in total. The third kappa shape index (κ3) is 4.96. The molecule has 2 amide bonds. The summed E-state index contributed by atoms with van der Waals surface area (Å²) >= 11 is 0. The summed E-state index contributed by atoms with van der Waals surface area (Å²) in [6.07, 6.45) is 1.73. The summed E-state index contributed by atoms with van der Waals surface area (Å²) in [6, 6.07) is 1.14. The van der Waals surface area contributed by atoms with Crippen LogP contribution in [0.5, 0.6) is 0 Å². The van der Waals surface area contributed by atoms with Crippen molar-refractivity contribution < 1.29 is 19.4 Å². The van der Waals surface area contributed by atoms with Crippen LogP contribution in [0.4, 0.5) is 10.6 Å². The van der Waals surface area contributed by atoms with Crippen LogP contribution < -0.4 is 5.32 Å². The normalized spacial score (nSPS) is 10.2. The van der Waals surface area contributed by atoms with Gasteiger partial charge in [-0.05, 0) is 6.92 Å². The smallest absolute Gasteiger partial charge is 0.323 e. The van der Waals surface area contributed by atoms with E-state index in [1.54, 1.807) is 16.9 Å². The van der Waals surface area contributed by atoms with Gasteiger partial charge in [-0.15, -0.1) is 0 Å². The maximum absolute atomic E-state index is 11.9. The number of nitrogens with one attached hydrogen (secondary N) is 1. The summed E-state index contributed by atoms with van der Waals surface area (Å²) in [4.78, 5) is 23.7. The standard InChI is InChI=1S/C11H18N4O4/c1-3-15-5-4-9(13-15)12-11(18)14(6-7-19-2)8-10(16)17/h4-5H,3,6-8H2,1-2H3,(H,16,17)(H,12,13,18). The monoisotopic (exact) mass is 270 g/mol. The SMILES string of the molecule is CCn1ccc(NC(=O)N(CCOC)CC(=O)O)n1. The van der Waals surface area contributed by atoms with Crippen molar-refractivity contribution in [2.24, 2.45) is 0 Å². The van der Waals surface area contributed by atoms with Crippen molar-refractivity contribution in [1.29, 1.82) is 0 Å². The summed E-state index contributed by atoms with van der Waals surface area (Å²) in [5, 5.41) is 15.4. The molecule has 0 aliphatic carbocycles. The van der Waals surface area contributed by atoms with E-state index in [0.717, 1.165) is 4.90 Å². The molecule has 1 aromatic heterocycles. The number of hydrogen-bond donors (Lipinski definition) is 2. The van der Waals surface area contributed by atoms with E-state index < -0.39 is 12.0 Å². The summed E-state index contributed by atoms with van der Waals surface area (Å²) < 4.78 is 6.50. The van der Waals surface area contributed by atoms with Gasteiger partial charge in [0.25, 0.3) is 0 Å². The average Bonchev–Trinajstić information content (AvgIpc) is 2.81. The van der Waals surface area contributed by atoms with E-state index in [2.05, 4.69) is 10.4 Å². The quantitative estimate of drug-likeness (QED) is 0.750. The predicted octanol–water partition coefficient (Wildman–Crippen LogP) is 0.468. The molecule has 0 saturated carbocycles. The fourth-order valence-electron chi connectivity index (χ4n) is 1.41. The summed E-state index contributed by atoms with van der Waals surface area (Å²) in [5.41, 5.74) is 0. The first-order valence-electron chi connectivity index (χ1n) is 5.87. The zero-order chi connectivity index (χ0) is 14.3. The fraction of sp³-hybridized carbons (Fsp3) is 0.545. The highest BCUT2D eigenvalue weighted by Gasteiger charge is 2.17.